The van der Waals surface area contributed by atoms with Gasteiger partial charge in [-0.15, -0.1) is 11.8 Å². The van der Waals surface area contributed by atoms with Crippen LogP contribution in [0.4, 0.5) is 0 Å². The van der Waals surface area contributed by atoms with Crippen molar-refractivity contribution >= 4 is 29.5 Å². The van der Waals surface area contributed by atoms with E-state index < -0.39 is 27.4 Å². The number of likely N-dealkylation sites (tertiary alicyclic amines) is 1. The number of aliphatic hydroxyl groups is 1. The van der Waals surface area contributed by atoms with E-state index in [0.717, 1.165) is 19.3 Å². The van der Waals surface area contributed by atoms with Crippen LogP contribution in [0.5, 0.6) is 0 Å². The molecule has 0 aromatic carbocycles. The van der Waals surface area contributed by atoms with Crippen LogP contribution >= 0.6 is 11.8 Å². The van der Waals surface area contributed by atoms with Gasteiger partial charge in [0.25, 0.3) is 0 Å². The molecule has 4 aliphatic rings. The molecular formula is C25H36N2O5S. The number of hydrogen-bond acceptors (Lipinski definition) is 6. The fraction of sp³-hybridized carbons (Fsp3) is 0.720. The topological polar surface area (TPSA) is 87.2 Å². The molecule has 33 heavy (non-hydrogen) atoms. The summed E-state index contributed by atoms with van der Waals surface area (Å²) in [6.45, 7) is 7.26. The fourth-order valence-electron chi connectivity index (χ4n) is 5.91. The van der Waals surface area contributed by atoms with E-state index in [1.165, 1.54) is 0 Å². The second-order valence-electron chi connectivity index (χ2n) is 10.0. The minimum Gasteiger partial charge on any atom is -0.465 e. The van der Waals surface area contributed by atoms with Gasteiger partial charge >= 0.3 is 5.97 Å². The summed E-state index contributed by atoms with van der Waals surface area (Å²) in [5.74, 6) is -1.86. The number of nitrogens with zero attached hydrogens (tertiary/aromatic N) is 2. The normalized spacial score (nSPS) is 37.5. The van der Waals surface area contributed by atoms with E-state index in [2.05, 4.69) is 12.2 Å². The maximum absolute atomic E-state index is 14.0. The Bertz CT molecular complexity index is 858. The number of unbranched alkanes of at least 4 members (excludes halogenated alkanes) is 1. The predicted molar refractivity (Wildman–Crippen MR) is 127 cm³/mol. The fourth-order valence-corrected chi connectivity index (χ4v) is 8.07. The Morgan fingerprint density at radius 3 is 2.64 bits per heavy atom. The molecule has 0 bridgehead atoms. The van der Waals surface area contributed by atoms with E-state index in [4.69, 9.17) is 4.74 Å². The summed E-state index contributed by atoms with van der Waals surface area (Å²) in [7, 11) is 0. The highest BCUT2D eigenvalue weighted by molar-refractivity contribution is 8.02. The lowest BCUT2D eigenvalue weighted by Gasteiger charge is -2.37. The van der Waals surface area contributed by atoms with Gasteiger partial charge in [-0.2, -0.15) is 0 Å². The van der Waals surface area contributed by atoms with Crippen LogP contribution in [0.25, 0.3) is 0 Å². The van der Waals surface area contributed by atoms with Gasteiger partial charge in [0.1, 0.15) is 6.04 Å². The Balaban J connectivity index is 1.83. The van der Waals surface area contributed by atoms with Crippen LogP contribution in [0.3, 0.4) is 0 Å². The number of allylic oxidation sites excluding steroid dienone is 1. The Kier molecular flexibility index (Phi) is 6.97. The Hall–Kier alpha value is -1.80. The van der Waals surface area contributed by atoms with Gasteiger partial charge in [-0.25, -0.2) is 0 Å². The summed E-state index contributed by atoms with van der Waals surface area (Å²) in [5.41, 5.74) is 0. The van der Waals surface area contributed by atoms with Gasteiger partial charge in [0.2, 0.25) is 11.8 Å². The molecule has 4 heterocycles. The Morgan fingerprint density at radius 1 is 1.12 bits per heavy atom. The third-order valence-corrected chi connectivity index (χ3v) is 9.26. The first-order valence-corrected chi connectivity index (χ1v) is 13.0. The number of ether oxygens (including phenoxy) is 1. The lowest BCUT2D eigenvalue weighted by atomic mass is 9.74. The second kappa shape index (κ2) is 9.45. The molecule has 1 spiro atoms. The minimum atomic E-state index is -0.826. The van der Waals surface area contributed by atoms with Crippen molar-refractivity contribution < 1.29 is 24.2 Å². The molecule has 2 fully saturated rings. The first-order valence-electron chi connectivity index (χ1n) is 12.2. The van der Waals surface area contributed by atoms with Crippen LogP contribution in [0.15, 0.2) is 24.3 Å². The summed E-state index contributed by atoms with van der Waals surface area (Å²) >= 11 is 1.59. The number of carbonyl (C=O) groups excluding carboxylic acids is 3. The maximum Gasteiger partial charge on any atom is 0.311 e. The lowest BCUT2D eigenvalue weighted by Crippen LogP contribution is -2.54. The van der Waals surface area contributed by atoms with E-state index in [0.29, 0.717) is 32.5 Å². The van der Waals surface area contributed by atoms with Gasteiger partial charge in [-0.05, 0) is 52.9 Å². The molecule has 2 saturated heterocycles. The summed E-state index contributed by atoms with van der Waals surface area (Å²) < 4.78 is 4.21. The zero-order valence-electron chi connectivity index (χ0n) is 19.9. The molecule has 5 atom stereocenters. The number of cyclic esters (lactones) is 1. The molecule has 8 heteroatoms. The molecule has 0 radical (unpaired) electrons. The highest BCUT2D eigenvalue weighted by atomic mass is 32.2. The summed E-state index contributed by atoms with van der Waals surface area (Å²) in [4.78, 5) is 44.8. The number of aliphatic hydroxyl groups excluding tert-OH is 1. The van der Waals surface area contributed by atoms with E-state index in [1.807, 2.05) is 37.8 Å². The molecule has 182 valence electrons. The van der Waals surface area contributed by atoms with Crippen molar-refractivity contribution in [1.29, 1.82) is 0 Å². The molecule has 1 unspecified atom stereocenters. The first-order chi connectivity index (χ1) is 15.8. The maximum atomic E-state index is 14.0. The monoisotopic (exact) mass is 476 g/mol. The third kappa shape index (κ3) is 4.03. The van der Waals surface area contributed by atoms with Crippen molar-refractivity contribution in [3.05, 3.63) is 24.3 Å². The molecule has 0 aromatic heterocycles. The zero-order valence-corrected chi connectivity index (χ0v) is 20.7. The zero-order chi connectivity index (χ0) is 23.8. The van der Waals surface area contributed by atoms with Crippen molar-refractivity contribution in [1.82, 2.24) is 9.80 Å². The molecule has 4 aliphatic heterocycles. The standard InChI is InChI=1S/C25H36N2O5S/c1-17(2)26-14-10-12-25-18(21(29)27(13-7-8-15-28)20(25)22(26)30)19-23(31)32-16-9-5-4-6-11-24(19,3)33-25/h6,10-12,17-20,28H,4-5,7-9,13-16H2,1-3H3/b11-6-/t18-,19+,20?,24-,25-/m0/s1. The molecule has 0 aromatic rings. The summed E-state index contributed by atoms with van der Waals surface area (Å²) in [6.07, 6.45) is 12.1. The first kappa shape index (κ1) is 24.3. The number of thioether (sulfide) groups is 1. The Morgan fingerprint density at radius 2 is 1.91 bits per heavy atom. The van der Waals surface area contributed by atoms with E-state index >= 15 is 0 Å². The van der Waals surface area contributed by atoms with Crippen LogP contribution in [0.1, 0.15) is 52.9 Å². The molecule has 1 N–H and O–H groups in total. The number of carbonyl (C=O) groups is 3. The van der Waals surface area contributed by atoms with Crippen molar-refractivity contribution in [3.8, 4) is 0 Å². The molecule has 2 amide bonds. The van der Waals surface area contributed by atoms with Crippen molar-refractivity contribution in [2.45, 2.75) is 74.5 Å². The Labute approximate surface area is 200 Å². The molecule has 0 saturated carbocycles. The molecule has 4 rings (SSSR count). The SMILES string of the molecule is CC(C)N1CC=C[C@]23S[C@@]4(C)/C=C\CCCCOC(=O)[C@H]4[C@H]2C(=O)N(CCCCO)C3C1=O. The third-order valence-electron chi connectivity index (χ3n) is 7.46. The highest BCUT2D eigenvalue weighted by Gasteiger charge is 2.73. The number of rotatable bonds is 5. The second-order valence-corrected chi connectivity index (χ2v) is 11.8. The quantitative estimate of drug-likeness (QED) is 0.373. The lowest BCUT2D eigenvalue weighted by molar-refractivity contribution is -0.154. The summed E-state index contributed by atoms with van der Waals surface area (Å²) in [6, 6.07) is -0.672. The average Bonchev–Trinajstić information content (AvgIpc) is 3.08. The molecular weight excluding hydrogens is 440 g/mol. The van der Waals surface area contributed by atoms with Gasteiger partial charge in [0.05, 0.1) is 23.2 Å². The average molecular weight is 477 g/mol. The predicted octanol–water partition coefficient (Wildman–Crippen LogP) is 2.54. The number of hydrogen-bond donors (Lipinski definition) is 1. The van der Waals surface area contributed by atoms with Gasteiger partial charge < -0.3 is 19.6 Å². The largest absolute Gasteiger partial charge is 0.465 e. The van der Waals surface area contributed by atoms with Gasteiger partial charge in [-0.3, -0.25) is 14.4 Å². The van der Waals surface area contributed by atoms with Gasteiger partial charge in [0.15, 0.2) is 0 Å². The van der Waals surface area contributed by atoms with E-state index in [9.17, 15) is 19.5 Å². The van der Waals surface area contributed by atoms with Crippen molar-refractivity contribution in [2.24, 2.45) is 11.8 Å². The van der Waals surface area contributed by atoms with Crippen molar-refractivity contribution in [3.63, 3.8) is 0 Å². The highest BCUT2D eigenvalue weighted by Crippen LogP contribution is 2.65. The van der Waals surface area contributed by atoms with Crippen LogP contribution in [-0.4, -0.2) is 80.6 Å². The number of amides is 2. The number of esters is 1. The smallest absolute Gasteiger partial charge is 0.311 e. The van der Waals surface area contributed by atoms with Gasteiger partial charge in [-0.1, -0.05) is 24.3 Å². The van der Waals surface area contributed by atoms with Crippen LogP contribution < -0.4 is 0 Å². The van der Waals surface area contributed by atoms with E-state index in [-0.39, 0.29) is 30.4 Å². The number of fused-ring (bicyclic) bond motifs is 2. The van der Waals surface area contributed by atoms with Crippen LogP contribution in [-0.2, 0) is 19.1 Å². The van der Waals surface area contributed by atoms with E-state index in [1.54, 1.807) is 16.7 Å². The van der Waals surface area contributed by atoms with Crippen LogP contribution in [0, 0.1) is 11.8 Å². The van der Waals surface area contributed by atoms with Crippen LogP contribution in [0.2, 0.25) is 0 Å². The molecule has 7 nitrogen and oxygen atoms in total. The van der Waals surface area contributed by atoms with Crippen molar-refractivity contribution in [2.75, 3.05) is 26.3 Å². The molecule has 0 aliphatic carbocycles. The minimum absolute atomic E-state index is 0.00158. The van der Waals surface area contributed by atoms with Gasteiger partial charge in [0, 0.05) is 30.5 Å². The summed E-state index contributed by atoms with van der Waals surface area (Å²) in [5, 5.41) is 9.28.